The topological polar surface area (TPSA) is 72.8 Å². The average Bonchev–Trinajstić information content (AvgIpc) is 1.82. The Morgan fingerprint density at radius 2 is 1.67 bits per heavy atom. The monoisotopic (exact) mass is 196 g/mol. The number of hydrogen-bond donors (Lipinski definition) is 1. The van der Waals surface area contributed by atoms with Crippen molar-refractivity contribution in [2.75, 3.05) is 13.2 Å². The van der Waals surface area contributed by atoms with E-state index in [0.29, 0.717) is 12.8 Å². The van der Waals surface area contributed by atoms with Crippen LogP contribution in [0, 0.1) is 0 Å². The van der Waals surface area contributed by atoms with Gasteiger partial charge in [0, 0.05) is 12.8 Å². The average molecular weight is 196 g/mol. The SMILES string of the molecule is CC1(O)CCOS(=O)(=O)OCC1. The van der Waals surface area contributed by atoms with Gasteiger partial charge in [-0.25, -0.2) is 8.37 Å². The predicted molar refractivity (Wildman–Crippen MR) is 40.7 cm³/mol. The van der Waals surface area contributed by atoms with Crippen LogP contribution in [0.5, 0.6) is 0 Å². The molecule has 0 unspecified atom stereocenters. The molecule has 5 nitrogen and oxygen atoms in total. The third-order valence-electron chi connectivity index (χ3n) is 1.74. The molecule has 1 rings (SSSR count). The Bertz CT molecular complexity index is 225. The Labute approximate surface area is 71.6 Å². The van der Waals surface area contributed by atoms with Gasteiger partial charge in [0.1, 0.15) is 0 Å². The van der Waals surface area contributed by atoms with Crippen molar-refractivity contribution in [3.63, 3.8) is 0 Å². The molecular weight excluding hydrogens is 184 g/mol. The van der Waals surface area contributed by atoms with E-state index < -0.39 is 16.0 Å². The smallest absolute Gasteiger partial charge is 0.390 e. The van der Waals surface area contributed by atoms with Gasteiger partial charge in [0.25, 0.3) is 0 Å². The van der Waals surface area contributed by atoms with Crippen molar-refractivity contribution in [1.82, 2.24) is 0 Å². The van der Waals surface area contributed by atoms with Gasteiger partial charge in [-0.05, 0) is 6.92 Å². The predicted octanol–water partition coefficient (Wildman–Crippen LogP) is -0.191. The number of rotatable bonds is 0. The molecule has 12 heavy (non-hydrogen) atoms. The maximum atomic E-state index is 10.7. The molecule has 0 spiro atoms. The van der Waals surface area contributed by atoms with Crippen molar-refractivity contribution in [2.24, 2.45) is 0 Å². The largest absolute Gasteiger partial charge is 0.399 e. The summed E-state index contributed by atoms with van der Waals surface area (Å²) in [5, 5.41) is 9.49. The third kappa shape index (κ3) is 3.06. The van der Waals surface area contributed by atoms with Gasteiger partial charge in [0.2, 0.25) is 0 Å². The summed E-state index contributed by atoms with van der Waals surface area (Å²) in [6, 6.07) is 0. The van der Waals surface area contributed by atoms with Crippen molar-refractivity contribution in [3.8, 4) is 0 Å². The van der Waals surface area contributed by atoms with Crippen LogP contribution in [0.4, 0.5) is 0 Å². The molecule has 1 aliphatic rings. The van der Waals surface area contributed by atoms with Crippen LogP contribution in [0.25, 0.3) is 0 Å². The molecule has 1 aliphatic heterocycles. The summed E-state index contributed by atoms with van der Waals surface area (Å²) in [6.45, 7) is 1.56. The molecular formula is C6H12O5S. The second kappa shape index (κ2) is 3.29. The second-order valence-corrected chi connectivity index (χ2v) is 4.34. The molecule has 1 fully saturated rings. The van der Waals surface area contributed by atoms with E-state index in [1.54, 1.807) is 6.92 Å². The first-order valence-electron chi connectivity index (χ1n) is 3.67. The molecule has 6 heteroatoms. The van der Waals surface area contributed by atoms with Gasteiger partial charge in [-0.15, -0.1) is 0 Å². The molecule has 1 saturated heterocycles. The fourth-order valence-corrected chi connectivity index (χ4v) is 1.53. The highest BCUT2D eigenvalue weighted by molar-refractivity contribution is 7.81. The van der Waals surface area contributed by atoms with Crippen LogP contribution in [0.2, 0.25) is 0 Å². The zero-order valence-corrected chi connectivity index (χ0v) is 7.63. The van der Waals surface area contributed by atoms with Gasteiger partial charge in [0.15, 0.2) is 0 Å². The Morgan fingerprint density at radius 1 is 1.25 bits per heavy atom. The van der Waals surface area contributed by atoms with Gasteiger partial charge >= 0.3 is 10.4 Å². The molecule has 0 radical (unpaired) electrons. The lowest BCUT2D eigenvalue weighted by Crippen LogP contribution is -2.31. The first-order valence-corrected chi connectivity index (χ1v) is 5.01. The fraction of sp³-hybridized carbons (Fsp3) is 1.00. The van der Waals surface area contributed by atoms with E-state index in [9.17, 15) is 13.5 Å². The highest BCUT2D eigenvalue weighted by Gasteiger charge is 2.26. The number of hydrogen-bond acceptors (Lipinski definition) is 5. The van der Waals surface area contributed by atoms with Crippen LogP contribution in [0.1, 0.15) is 19.8 Å². The van der Waals surface area contributed by atoms with Crippen molar-refractivity contribution < 1.29 is 21.9 Å². The van der Waals surface area contributed by atoms with E-state index in [0.717, 1.165) is 0 Å². The Morgan fingerprint density at radius 3 is 2.08 bits per heavy atom. The zero-order valence-electron chi connectivity index (χ0n) is 6.82. The lowest BCUT2D eigenvalue weighted by molar-refractivity contribution is 0.00401. The van der Waals surface area contributed by atoms with Crippen molar-refractivity contribution in [3.05, 3.63) is 0 Å². The Kier molecular flexibility index (Phi) is 2.72. The molecule has 0 aliphatic carbocycles. The zero-order chi connectivity index (χ0) is 9.24. The van der Waals surface area contributed by atoms with Crippen LogP contribution in [-0.4, -0.2) is 32.3 Å². The Balaban J connectivity index is 2.57. The highest BCUT2D eigenvalue weighted by Crippen LogP contribution is 2.18. The minimum absolute atomic E-state index is 0.0324. The lowest BCUT2D eigenvalue weighted by Gasteiger charge is -2.24. The van der Waals surface area contributed by atoms with Gasteiger partial charge in [-0.3, -0.25) is 0 Å². The van der Waals surface area contributed by atoms with Gasteiger partial charge in [-0.1, -0.05) is 0 Å². The van der Waals surface area contributed by atoms with E-state index in [1.807, 2.05) is 0 Å². The maximum absolute atomic E-state index is 10.7. The molecule has 0 atom stereocenters. The second-order valence-electron chi connectivity index (χ2n) is 3.05. The van der Waals surface area contributed by atoms with E-state index in [2.05, 4.69) is 8.37 Å². The first-order chi connectivity index (χ1) is 5.41. The molecule has 0 aromatic heterocycles. The lowest BCUT2D eigenvalue weighted by atomic mass is 9.99. The summed E-state index contributed by atoms with van der Waals surface area (Å²) < 4.78 is 30.2. The minimum atomic E-state index is -3.80. The molecule has 0 aromatic carbocycles. The van der Waals surface area contributed by atoms with Crippen molar-refractivity contribution >= 4 is 10.4 Å². The highest BCUT2D eigenvalue weighted by atomic mass is 32.3. The normalized spacial score (nSPS) is 28.8. The first kappa shape index (κ1) is 9.91. The molecule has 72 valence electrons. The molecule has 0 saturated carbocycles. The minimum Gasteiger partial charge on any atom is -0.390 e. The summed E-state index contributed by atoms with van der Waals surface area (Å²) in [4.78, 5) is 0. The van der Waals surface area contributed by atoms with Crippen LogP contribution in [-0.2, 0) is 18.8 Å². The molecule has 1 N–H and O–H groups in total. The molecule has 0 amide bonds. The fourth-order valence-electron chi connectivity index (χ4n) is 0.886. The van der Waals surface area contributed by atoms with Crippen molar-refractivity contribution in [1.29, 1.82) is 0 Å². The summed E-state index contributed by atoms with van der Waals surface area (Å²) in [7, 11) is -3.80. The van der Waals surface area contributed by atoms with Crippen LogP contribution < -0.4 is 0 Å². The molecule has 0 aromatic rings. The third-order valence-corrected chi connectivity index (χ3v) is 2.65. The number of aliphatic hydroxyl groups is 1. The van der Waals surface area contributed by atoms with Crippen LogP contribution in [0.15, 0.2) is 0 Å². The molecule has 1 heterocycles. The Hall–Kier alpha value is -0.170. The molecule has 0 bridgehead atoms. The summed E-state index contributed by atoms with van der Waals surface area (Å²) in [6.07, 6.45) is 0.602. The summed E-state index contributed by atoms with van der Waals surface area (Å²) in [5.74, 6) is 0. The van der Waals surface area contributed by atoms with Crippen LogP contribution in [0.3, 0.4) is 0 Å². The quantitative estimate of drug-likeness (QED) is 0.581. The van der Waals surface area contributed by atoms with Crippen LogP contribution >= 0.6 is 0 Å². The van der Waals surface area contributed by atoms with E-state index in [4.69, 9.17) is 0 Å². The van der Waals surface area contributed by atoms with E-state index in [1.165, 1.54) is 0 Å². The summed E-state index contributed by atoms with van der Waals surface area (Å²) >= 11 is 0. The van der Waals surface area contributed by atoms with Gasteiger partial charge in [0.05, 0.1) is 18.8 Å². The van der Waals surface area contributed by atoms with Gasteiger partial charge < -0.3 is 5.11 Å². The standard InChI is InChI=1S/C6H12O5S/c1-6(7)2-4-10-12(8,9)11-5-3-6/h7H,2-5H2,1H3. The van der Waals surface area contributed by atoms with E-state index in [-0.39, 0.29) is 13.2 Å². The van der Waals surface area contributed by atoms with Crippen molar-refractivity contribution in [2.45, 2.75) is 25.4 Å². The van der Waals surface area contributed by atoms with E-state index >= 15 is 0 Å². The van der Waals surface area contributed by atoms with Gasteiger partial charge in [-0.2, -0.15) is 8.42 Å². The summed E-state index contributed by atoms with van der Waals surface area (Å²) in [5.41, 5.74) is -0.893. The maximum Gasteiger partial charge on any atom is 0.399 e.